The van der Waals surface area contributed by atoms with E-state index in [2.05, 4.69) is 31.4 Å². The molecule has 1 amide bonds. The van der Waals surface area contributed by atoms with Crippen LogP contribution in [-0.2, 0) is 4.79 Å². The number of phenolic OH excluding ortho intramolecular Hbond substituents is 1. The molecule has 0 radical (unpaired) electrons. The smallest absolute Gasteiger partial charge is 0.277 e. The maximum atomic E-state index is 11.9. The molecule has 24 heavy (non-hydrogen) atoms. The third-order valence-corrected chi connectivity index (χ3v) is 4.48. The summed E-state index contributed by atoms with van der Waals surface area (Å²) in [6.07, 6.45) is 0. The van der Waals surface area contributed by atoms with Gasteiger partial charge in [0.15, 0.2) is 0 Å². The van der Waals surface area contributed by atoms with Crippen LogP contribution in [0.5, 0.6) is 5.75 Å². The van der Waals surface area contributed by atoms with Gasteiger partial charge in [-0.05, 0) is 40.2 Å². The number of nitrogens with one attached hydrogen (secondary N) is 1. The number of amides is 1. The number of halogens is 1. The van der Waals surface area contributed by atoms with Crippen LogP contribution in [0.1, 0.15) is 0 Å². The van der Waals surface area contributed by atoms with Crippen molar-refractivity contribution in [1.82, 2.24) is 10.2 Å². The number of carbonyl (C=O) groups excluding carboxylic acids is 1. The van der Waals surface area contributed by atoms with E-state index in [0.717, 1.165) is 21.8 Å². The van der Waals surface area contributed by atoms with Crippen molar-refractivity contribution < 1.29 is 14.3 Å². The number of phenols is 1. The summed E-state index contributed by atoms with van der Waals surface area (Å²) in [7, 11) is 0. The SMILES string of the molecule is O=C(CSc1nnc(-c2ccccc2Br)o1)Nc1cccc(O)c1. The Balaban J connectivity index is 1.59. The van der Waals surface area contributed by atoms with Gasteiger partial charge in [0.2, 0.25) is 11.8 Å². The summed E-state index contributed by atoms with van der Waals surface area (Å²) in [5.74, 6) is 0.368. The van der Waals surface area contributed by atoms with Crippen molar-refractivity contribution in [2.24, 2.45) is 0 Å². The molecule has 0 spiro atoms. The second-order valence-corrected chi connectivity index (χ2v) is 6.52. The molecule has 1 heterocycles. The van der Waals surface area contributed by atoms with E-state index in [9.17, 15) is 9.90 Å². The number of anilines is 1. The first-order chi connectivity index (χ1) is 11.6. The summed E-state index contributed by atoms with van der Waals surface area (Å²) >= 11 is 4.57. The topological polar surface area (TPSA) is 88.2 Å². The molecule has 0 aliphatic heterocycles. The molecule has 0 atom stereocenters. The quantitative estimate of drug-likeness (QED) is 0.625. The fraction of sp³-hybridized carbons (Fsp3) is 0.0625. The van der Waals surface area contributed by atoms with Crippen LogP contribution in [0.2, 0.25) is 0 Å². The molecule has 0 aliphatic rings. The number of rotatable bonds is 5. The first-order valence-corrected chi connectivity index (χ1v) is 8.70. The van der Waals surface area contributed by atoms with E-state index in [1.807, 2.05) is 24.3 Å². The third-order valence-electron chi connectivity index (χ3n) is 2.97. The minimum atomic E-state index is -0.230. The maximum absolute atomic E-state index is 11.9. The van der Waals surface area contributed by atoms with Gasteiger partial charge < -0.3 is 14.8 Å². The number of aromatic hydroxyl groups is 1. The molecule has 0 unspecified atom stereocenters. The Kier molecular flexibility index (Phi) is 5.17. The number of benzene rings is 2. The lowest BCUT2D eigenvalue weighted by molar-refractivity contribution is -0.113. The largest absolute Gasteiger partial charge is 0.508 e. The van der Waals surface area contributed by atoms with Gasteiger partial charge in [0.05, 0.1) is 11.3 Å². The molecule has 3 rings (SSSR count). The molecule has 122 valence electrons. The Labute approximate surface area is 150 Å². The van der Waals surface area contributed by atoms with Gasteiger partial charge in [-0.3, -0.25) is 4.79 Å². The molecule has 2 N–H and O–H groups in total. The lowest BCUT2D eigenvalue weighted by Gasteiger charge is -2.04. The summed E-state index contributed by atoms with van der Waals surface area (Å²) in [5.41, 5.74) is 1.32. The second kappa shape index (κ2) is 7.50. The minimum Gasteiger partial charge on any atom is -0.508 e. The molecule has 2 aromatic carbocycles. The van der Waals surface area contributed by atoms with E-state index in [1.54, 1.807) is 12.1 Å². The predicted octanol–water partition coefficient (Wildman–Crippen LogP) is 3.94. The lowest BCUT2D eigenvalue weighted by atomic mass is 10.2. The molecule has 0 fully saturated rings. The Morgan fingerprint density at radius 2 is 2.04 bits per heavy atom. The van der Waals surface area contributed by atoms with Gasteiger partial charge in [-0.15, -0.1) is 10.2 Å². The van der Waals surface area contributed by atoms with E-state index in [-0.39, 0.29) is 17.4 Å². The molecule has 0 aliphatic carbocycles. The van der Waals surface area contributed by atoms with Gasteiger partial charge in [0.25, 0.3) is 5.22 Å². The molecular weight excluding hydrogens is 394 g/mol. The van der Waals surface area contributed by atoms with Gasteiger partial charge in [-0.25, -0.2) is 0 Å². The Bertz CT molecular complexity index is 869. The van der Waals surface area contributed by atoms with E-state index in [0.29, 0.717) is 16.8 Å². The van der Waals surface area contributed by atoms with E-state index in [4.69, 9.17) is 4.42 Å². The molecular formula is C16H12BrN3O3S. The normalized spacial score (nSPS) is 10.5. The fourth-order valence-corrected chi connectivity index (χ4v) is 2.94. The van der Waals surface area contributed by atoms with Crippen LogP contribution in [-0.4, -0.2) is 27.0 Å². The average Bonchev–Trinajstić information content (AvgIpc) is 3.02. The van der Waals surface area contributed by atoms with Crippen LogP contribution in [0.3, 0.4) is 0 Å². The van der Waals surface area contributed by atoms with Crippen molar-refractivity contribution in [3.05, 3.63) is 53.0 Å². The van der Waals surface area contributed by atoms with Crippen molar-refractivity contribution >= 4 is 39.3 Å². The Morgan fingerprint density at radius 1 is 1.21 bits per heavy atom. The van der Waals surface area contributed by atoms with E-state index < -0.39 is 0 Å². The van der Waals surface area contributed by atoms with Crippen LogP contribution >= 0.6 is 27.7 Å². The number of hydrogen-bond acceptors (Lipinski definition) is 6. The maximum Gasteiger partial charge on any atom is 0.277 e. The van der Waals surface area contributed by atoms with Crippen molar-refractivity contribution in [3.63, 3.8) is 0 Å². The van der Waals surface area contributed by atoms with Crippen LogP contribution < -0.4 is 5.32 Å². The lowest BCUT2D eigenvalue weighted by Crippen LogP contribution is -2.13. The van der Waals surface area contributed by atoms with Gasteiger partial charge in [0, 0.05) is 16.2 Å². The number of hydrogen-bond donors (Lipinski definition) is 2. The highest BCUT2D eigenvalue weighted by atomic mass is 79.9. The molecule has 0 bridgehead atoms. The monoisotopic (exact) mass is 405 g/mol. The number of carbonyl (C=O) groups is 1. The first kappa shape index (κ1) is 16.5. The second-order valence-electron chi connectivity index (χ2n) is 4.74. The summed E-state index contributed by atoms with van der Waals surface area (Å²) in [5, 5.41) is 20.3. The standard InChI is InChI=1S/C16H12BrN3O3S/c17-13-7-2-1-6-12(13)15-19-20-16(23-15)24-9-14(22)18-10-4-3-5-11(21)8-10/h1-8,21H,9H2,(H,18,22). The number of thioether (sulfide) groups is 1. The third kappa shape index (κ3) is 4.15. The summed E-state index contributed by atoms with van der Waals surface area (Å²) in [6.45, 7) is 0. The fourth-order valence-electron chi connectivity index (χ4n) is 1.92. The van der Waals surface area contributed by atoms with Crippen molar-refractivity contribution in [1.29, 1.82) is 0 Å². The average molecular weight is 406 g/mol. The predicted molar refractivity (Wildman–Crippen MR) is 94.9 cm³/mol. The van der Waals surface area contributed by atoms with Crippen LogP contribution in [0.15, 0.2) is 62.6 Å². The van der Waals surface area contributed by atoms with Crippen molar-refractivity contribution in [3.8, 4) is 17.2 Å². The molecule has 0 saturated carbocycles. The van der Waals surface area contributed by atoms with E-state index in [1.165, 1.54) is 12.1 Å². The molecule has 8 heteroatoms. The summed E-state index contributed by atoms with van der Waals surface area (Å²) in [6, 6.07) is 13.9. The number of nitrogens with zero attached hydrogens (tertiary/aromatic N) is 2. The molecule has 3 aromatic rings. The van der Waals surface area contributed by atoms with Crippen molar-refractivity contribution in [2.45, 2.75) is 5.22 Å². The summed E-state index contributed by atoms with van der Waals surface area (Å²) < 4.78 is 6.41. The number of aromatic nitrogens is 2. The molecule has 0 saturated heterocycles. The Hall–Kier alpha value is -2.32. The van der Waals surface area contributed by atoms with Crippen LogP contribution in [0.4, 0.5) is 5.69 Å². The zero-order valence-corrected chi connectivity index (χ0v) is 14.7. The first-order valence-electron chi connectivity index (χ1n) is 6.92. The van der Waals surface area contributed by atoms with E-state index >= 15 is 0 Å². The Morgan fingerprint density at radius 3 is 2.83 bits per heavy atom. The highest BCUT2D eigenvalue weighted by molar-refractivity contribution is 9.10. The van der Waals surface area contributed by atoms with Crippen LogP contribution in [0.25, 0.3) is 11.5 Å². The minimum absolute atomic E-state index is 0.0930. The molecule has 1 aromatic heterocycles. The highest BCUT2D eigenvalue weighted by Gasteiger charge is 2.13. The zero-order valence-electron chi connectivity index (χ0n) is 12.3. The zero-order chi connectivity index (χ0) is 16.9. The van der Waals surface area contributed by atoms with Gasteiger partial charge in [-0.2, -0.15) is 0 Å². The van der Waals surface area contributed by atoms with Crippen LogP contribution in [0, 0.1) is 0 Å². The van der Waals surface area contributed by atoms with Crippen molar-refractivity contribution in [2.75, 3.05) is 11.1 Å². The van der Waals surface area contributed by atoms with Gasteiger partial charge >= 0.3 is 0 Å². The summed E-state index contributed by atoms with van der Waals surface area (Å²) in [4.78, 5) is 11.9. The van der Waals surface area contributed by atoms with Gasteiger partial charge in [-0.1, -0.05) is 30.0 Å². The highest BCUT2D eigenvalue weighted by Crippen LogP contribution is 2.29. The molecule has 6 nitrogen and oxygen atoms in total. The van der Waals surface area contributed by atoms with Gasteiger partial charge in [0.1, 0.15) is 5.75 Å².